The maximum atomic E-state index is 14.1. The van der Waals surface area contributed by atoms with Gasteiger partial charge < -0.3 is 25.6 Å². The van der Waals surface area contributed by atoms with Crippen LogP contribution in [0.15, 0.2) is 288 Å². The Hall–Kier alpha value is -14.2. The Balaban J connectivity index is 0.000000147. The number of morpholine rings is 1. The number of fused-ring (bicyclic) bond motifs is 6. The van der Waals surface area contributed by atoms with E-state index in [2.05, 4.69) is 37.7 Å². The molecule has 26 heteroatoms. The average molecular weight is 1710 g/mol. The summed E-state index contributed by atoms with van der Waals surface area (Å²) in [6.45, 7) is 13.3. The molecule has 17 rings (SSSR count). The molecule has 0 bridgehead atoms. The number of rotatable bonds is 21. The highest BCUT2D eigenvalue weighted by Gasteiger charge is 2.35. The number of piperazine rings is 1. The van der Waals surface area contributed by atoms with Crippen LogP contribution in [0.1, 0.15) is 101 Å². The molecule has 5 heterocycles. The van der Waals surface area contributed by atoms with Crippen molar-refractivity contribution < 1.29 is 59.8 Å². The van der Waals surface area contributed by atoms with Gasteiger partial charge in [-0.3, -0.25) is 58.2 Å². The van der Waals surface area contributed by atoms with Crippen molar-refractivity contribution >= 4 is 104 Å². The van der Waals surface area contributed by atoms with Gasteiger partial charge in [0.15, 0.2) is 0 Å². The molecule has 6 amide bonds. The van der Waals surface area contributed by atoms with Gasteiger partial charge in [-0.25, -0.2) is 41.3 Å². The number of carbonyl (C=O) groups excluding carboxylic acids is 6. The zero-order valence-electron chi connectivity index (χ0n) is 70.1. The van der Waals surface area contributed by atoms with Crippen LogP contribution in [0.25, 0.3) is 0 Å². The number of nitrogens with zero attached hydrogens (tertiary/aromatic N) is 10. The SMILES string of the molecule is CCN(CC)CC(=O)N1c2ccc(C(=O)NCc3ccc(F)cc3)cc2N=C(c2ccc(F)cc2)c2ccccc21.CN1CCN(CC(=O)N2c3ccc(C(=O)NCc4ccc(F)cc4)cc3N=C(c3ccc(F)cc3)c3ccccc32)CC1.O=C(NCc1ccc(F)cc1)c1ccc2c(c1)N=C(c1ccc(F)cc1)c1ccccc1N2C(=O)CCN1CCOCC1. The molecule has 0 aromatic heterocycles. The van der Waals surface area contributed by atoms with Crippen LogP contribution in [0, 0.1) is 34.9 Å². The molecule has 644 valence electrons. The van der Waals surface area contributed by atoms with E-state index in [4.69, 9.17) is 19.7 Å². The summed E-state index contributed by atoms with van der Waals surface area (Å²) in [6.07, 6.45) is 0.277. The molecule has 5 aliphatic heterocycles. The number of likely N-dealkylation sites (N-methyl/N-ethyl adjacent to an activating group) is 2. The number of para-hydroxylation sites is 3. The number of hydrogen-bond acceptors (Lipinski definition) is 14. The fourth-order valence-electron chi connectivity index (χ4n) is 15.5. The van der Waals surface area contributed by atoms with E-state index in [0.717, 1.165) is 74.6 Å². The maximum Gasteiger partial charge on any atom is 0.251 e. The Morgan fingerprint density at radius 2 is 0.669 bits per heavy atom. The van der Waals surface area contributed by atoms with Crippen molar-refractivity contribution in [2.45, 2.75) is 39.9 Å². The van der Waals surface area contributed by atoms with Crippen molar-refractivity contribution in [3.8, 4) is 0 Å². The predicted molar refractivity (Wildman–Crippen MR) is 481 cm³/mol. The second-order valence-corrected chi connectivity index (χ2v) is 30.9. The van der Waals surface area contributed by atoms with E-state index in [1.807, 2.05) is 91.5 Å². The molecule has 3 N–H and O–H groups in total. The van der Waals surface area contributed by atoms with E-state index in [0.29, 0.717) is 133 Å². The molecule has 0 atom stereocenters. The van der Waals surface area contributed by atoms with Gasteiger partial charge in [0.2, 0.25) is 17.7 Å². The standard InChI is InChI=1S/C34H31F2N5O2.C34H30F2N4O3.C33H30F2N4O2/c1-39-16-18-40(19-17-39)22-32(42)41-30-5-3-2-4-28(30)33(24-8-13-27(36)14-9-24)38-29-20-25(10-15-31(29)41)34(43)37-21-23-6-11-26(35)12-7-23;35-26-10-5-23(6-11-26)22-37-34(42)25-9-14-31-29(21-25)38-33(24-7-12-27(36)13-8-24)28-3-1-2-4-30(28)40(31)32(41)15-16-39-17-19-43-20-18-39;1-3-38(4-2)21-31(40)39-29-8-6-5-7-27(29)32(23-11-16-26(35)17-12-23)37-28-19-24(13-18-30(28)39)33(41)36-20-22-9-14-25(34)15-10-22/h2-15,20H,16-19,21-22H2,1H3,(H,37,43);1-14,21H,15-20,22H2,(H,37,42);5-19H,3-4,20-21H2,1-2H3,(H,36,41). The molecule has 0 saturated carbocycles. The third-order valence-corrected chi connectivity index (χ3v) is 22.5. The van der Waals surface area contributed by atoms with Crippen LogP contribution in [-0.2, 0) is 38.8 Å². The lowest BCUT2D eigenvalue weighted by atomic mass is 10.00. The van der Waals surface area contributed by atoms with Crippen molar-refractivity contribution in [3.63, 3.8) is 0 Å². The van der Waals surface area contributed by atoms with Crippen LogP contribution in [0.2, 0.25) is 0 Å². The number of hydrogen-bond donors (Lipinski definition) is 3. The van der Waals surface area contributed by atoms with Crippen molar-refractivity contribution in [3.05, 3.63) is 375 Å². The van der Waals surface area contributed by atoms with E-state index in [-0.39, 0.29) is 109 Å². The molecule has 12 aromatic carbocycles. The van der Waals surface area contributed by atoms with Crippen molar-refractivity contribution in [2.24, 2.45) is 15.0 Å². The summed E-state index contributed by atoms with van der Waals surface area (Å²) >= 11 is 0. The van der Waals surface area contributed by atoms with Gasteiger partial charge in [-0.2, -0.15) is 0 Å². The first-order valence-corrected chi connectivity index (χ1v) is 41.9. The lowest BCUT2D eigenvalue weighted by molar-refractivity contribution is -0.120. The fourth-order valence-corrected chi connectivity index (χ4v) is 15.5. The first-order chi connectivity index (χ1) is 61.7. The second-order valence-electron chi connectivity index (χ2n) is 30.9. The number of anilines is 6. The van der Waals surface area contributed by atoms with Gasteiger partial charge in [0.25, 0.3) is 17.7 Å². The van der Waals surface area contributed by atoms with Crippen molar-refractivity contribution in [1.29, 1.82) is 0 Å². The molecule has 0 unspecified atom stereocenters. The summed E-state index contributed by atoms with van der Waals surface area (Å²) in [6, 6.07) is 73.7. The van der Waals surface area contributed by atoms with Crippen LogP contribution >= 0.6 is 0 Å². The van der Waals surface area contributed by atoms with Crippen LogP contribution < -0.4 is 30.7 Å². The van der Waals surface area contributed by atoms with Gasteiger partial charge in [0, 0.05) is 122 Å². The normalized spacial score (nSPS) is 14.1. The first-order valence-electron chi connectivity index (χ1n) is 41.9. The largest absolute Gasteiger partial charge is 0.379 e. The van der Waals surface area contributed by atoms with E-state index in [1.54, 1.807) is 142 Å². The molecule has 2 saturated heterocycles. The molecule has 0 aliphatic carbocycles. The number of nitrogens with one attached hydrogen (secondary N) is 3. The number of carbonyl (C=O) groups is 6. The van der Waals surface area contributed by atoms with Gasteiger partial charge in [0.05, 0.1) is 94.6 Å². The molecule has 20 nitrogen and oxygen atoms in total. The summed E-state index contributed by atoms with van der Waals surface area (Å²) in [5, 5.41) is 8.60. The molecule has 127 heavy (non-hydrogen) atoms. The lowest BCUT2D eigenvalue weighted by Gasteiger charge is -2.33. The number of ether oxygens (including phenoxy) is 1. The Morgan fingerprint density at radius 3 is 1.01 bits per heavy atom. The Bertz CT molecular complexity index is 6120. The summed E-state index contributed by atoms with van der Waals surface area (Å²) in [7, 11) is 2.07. The number of amides is 6. The summed E-state index contributed by atoms with van der Waals surface area (Å²) in [4.78, 5) is 110. The van der Waals surface area contributed by atoms with Crippen LogP contribution in [0.4, 0.5) is 77.5 Å². The highest BCUT2D eigenvalue weighted by atomic mass is 19.1. The molecule has 0 spiro atoms. The summed E-state index contributed by atoms with van der Waals surface area (Å²) in [5.41, 5.74) is 14.1. The van der Waals surface area contributed by atoms with Crippen LogP contribution in [-0.4, -0.2) is 164 Å². The minimum absolute atomic E-state index is 0.107. The third kappa shape index (κ3) is 21.3. The predicted octanol–water partition coefficient (Wildman–Crippen LogP) is 17.4. The minimum Gasteiger partial charge on any atom is -0.379 e. The van der Waals surface area contributed by atoms with Gasteiger partial charge in [-0.1, -0.05) is 105 Å². The van der Waals surface area contributed by atoms with Crippen molar-refractivity contribution in [1.82, 2.24) is 35.6 Å². The molecule has 0 radical (unpaired) electrons. The quantitative estimate of drug-likeness (QED) is 0.0577. The van der Waals surface area contributed by atoms with Gasteiger partial charge >= 0.3 is 0 Å². The highest BCUT2D eigenvalue weighted by molar-refractivity contribution is 6.24. The molecule has 2 fully saturated rings. The van der Waals surface area contributed by atoms with Gasteiger partial charge in [0.1, 0.15) is 34.9 Å². The van der Waals surface area contributed by atoms with Crippen LogP contribution in [0.5, 0.6) is 0 Å². The number of aliphatic imine (C=N–C) groups is 3. The zero-order chi connectivity index (χ0) is 88.6. The summed E-state index contributed by atoms with van der Waals surface area (Å²) in [5.74, 6) is -3.49. The lowest BCUT2D eigenvalue weighted by Crippen LogP contribution is -2.48. The average Bonchev–Trinajstić information content (AvgIpc) is 1.63. The number of benzene rings is 12. The second kappa shape index (κ2) is 40.7. The molecular formula is C101H91F6N13O7. The van der Waals surface area contributed by atoms with Gasteiger partial charge in [-0.05, 0) is 219 Å². The summed E-state index contributed by atoms with van der Waals surface area (Å²) < 4.78 is 86.9. The Kier molecular flexibility index (Phi) is 28.1. The first kappa shape index (κ1) is 87.7. The monoisotopic (exact) mass is 1710 g/mol. The zero-order valence-corrected chi connectivity index (χ0v) is 70.1. The van der Waals surface area contributed by atoms with E-state index < -0.39 is 0 Å². The fraction of sp³-hybridized carbons (Fsp3) is 0.198. The highest BCUT2D eigenvalue weighted by Crippen LogP contribution is 2.46. The van der Waals surface area contributed by atoms with Gasteiger partial charge in [-0.15, -0.1) is 0 Å². The molecular weight excluding hydrogens is 1620 g/mol. The smallest absolute Gasteiger partial charge is 0.251 e. The Labute approximate surface area is 731 Å². The van der Waals surface area contributed by atoms with E-state index in [1.165, 1.54) is 72.8 Å². The number of halogens is 6. The third-order valence-electron chi connectivity index (χ3n) is 22.5. The van der Waals surface area contributed by atoms with Crippen LogP contribution in [0.3, 0.4) is 0 Å². The topological polar surface area (TPSA) is 207 Å². The van der Waals surface area contributed by atoms with Crippen molar-refractivity contribution in [2.75, 3.05) is 107 Å². The maximum absolute atomic E-state index is 14.1. The Morgan fingerprint density at radius 1 is 0.354 bits per heavy atom. The van der Waals surface area contributed by atoms with E-state index in [9.17, 15) is 55.1 Å². The molecule has 12 aromatic rings. The molecule has 5 aliphatic rings. The van der Waals surface area contributed by atoms with E-state index >= 15 is 0 Å². The minimum atomic E-state index is -0.369.